The molecule has 2 aliphatic heterocycles. The molecular formula is C20H22N6O2. The summed E-state index contributed by atoms with van der Waals surface area (Å²) in [6.07, 6.45) is 3.12. The van der Waals surface area contributed by atoms with Crippen LogP contribution in [0.3, 0.4) is 0 Å². The monoisotopic (exact) mass is 378 g/mol. The molecule has 0 radical (unpaired) electrons. The highest BCUT2D eigenvalue weighted by atomic mass is 16.5. The molecule has 28 heavy (non-hydrogen) atoms. The molecular weight excluding hydrogens is 356 g/mol. The van der Waals surface area contributed by atoms with Gasteiger partial charge in [-0.3, -0.25) is 10.4 Å². The first-order valence-corrected chi connectivity index (χ1v) is 9.52. The quantitative estimate of drug-likeness (QED) is 0.649. The molecule has 0 saturated carbocycles. The summed E-state index contributed by atoms with van der Waals surface area (Å²) in [5.74, 6) is 1.39. The van der Waals surface area contributed by atoms with E-state index in [9.17, 15) is 4.79 Å². The number of ether oxygens (including phenoxy) is 1. The Bertz CT molecular complexity index is 1000. The molecule has 4 heterocycles. The van der Waals surface area contributed by atoms with Gasteiger partial charge < -0.3 is 15.0 Å². The summed E-state index contributed by atoms with van der Waals surface area (Å²) in [6.45, 7) is 3.57. The van der Waals surface area contributed by atoms with Crippen molar-refractivity contribution in [3.05, 3.63) is 48.2 Å². The van der Waals surface area contributed by atoms with Crippen LogP contribution in [0, 0.1) is 0 Å². The van der Waals surface area contributed by atoms with Crippen LogP contribution < -0.4 is 15.5 Å². The van der Waals surface area contributed by atoms with Crippen molar-refractivity contribution in [1.29, 1.82) is 0 Å². The van der Waals surface area contributed by atoms with Crippen molar-refractivity contribution in [1.82, 2.24) is 20.5 Å². The van der Waals surface area contributed by atoms with E-state index in [1.807, 2.05) is 43.3 Å². The Kier molecular flexibility index (Phi) is 4.12. The number of morpholine rings is 1. The zero-order valence-corrected chi connectivity index (χ0v) is 15.6. The molecule has 2 aromatic heterocycles. The van der Waals surface area contributed by atoms with E-state index >= 15 is 0 Å². The van der Waals surface area contributed by atoms with E-state index in [1.165, 1.54) is 0 Å². The van der Waals surface area contributed by atoms with E-state index < -0.39 is 0 Å². The fourth-order valence-electron chi connectivity index (χ4n) is 4.02. The number of hydrogen-bond donors (Lipinski definition) is 3. The van der Waals surface area contributed by atoms with Crippen LogP contribution in [-0.4, -0.2) is 46.5 Å². The molecule has 2 saturated heterocycles. The lowest BCUT2D eigenvalue weighted by Gasteiger charge is -2.26. The van der Waals surface area contributed by atoms with Crippen LogP contribution in [0.4, 0.5) is 16.4 Å². The summed E-state index contributed by atoms with van der Waals surface area (Å²) in [4.78, 5) is 19.0. The number of aromatic nitrogens is 3. The summed E-state index contributed by atoms with van der Waals surface area (Å²) in [5, 5.41) is 14.2. The average Bonchev–Trinajstić information content (AvgIpc) is 3.43. The summed E-state index contributed by atoms with van der Waals surface area (Å²) < 4.78 is 5.67. The van der Waals surface area contributed by atoms with Gasteiger partial charge in [0.2, 0.25) is 0 Å². The summed E-state index contributed by atoms with van der Waals surface area (Å²) in [7, 11) is 0. The lowest BCUT2D eigenvalue weighted by molar-refractivity contribution is 0.0989. The molecule has 8 heteroatoms. The van der Waals surface area contributed by atoms with Crippen molar-refractivity contribution < 1.29 is 9.53 Å². The number of rotatable bonds is 4. The number of anilines is 2. The minimum absolute atomic E-state index is 0.100. The number of nitrogens with zero attached hydrogens (tertiary/aromatic N) is 3. The SMILES string of the molecule is CC(NC(=O)Nc1cc2[nH]nc(N3CC4CC3CO4)c2cn1)c1ccccc1. The van der Waals surface area contributed by atoms with Crippen LogP contribution in [0.1, 0.15) is 24.9 Å². The number of carbonyl (C=O) groups excluding carboxylic acids is 1. The van der Waals surface area contributed by atoms with Crippen molar-refractivity contribution in [2.24, 2.45) is 0 Å². The number of hydrogen-bond acceptors (Lipinski definition) is 5. The number of pyridine rings is 1. The summed E-state index contributed by atoms with van der Waals surface area (Å²) in [5.41, 5.74) is 1.89. The maximum atomic E-state index is 12.3. The molecule has 3 unspecified atom stereocenters. The number of aromatic amines is 1. The smallest absolute Gasteiger partial charge is 0.320 e. The van der Waals surface area contributed by atoms with E-state index in [2.05, 4.69) is 30.7 Å². The van der Waals surface area contributed by atoms with Gasteiger partial charge in [-0.05, 0) is 18.9 Å². The van der Waals surface area contributed by atoms with Gasteiger partial charge in [-0.1, -0.05) is 30.3 Å². The molecule has 2 fully saturated rings. The predicted molar refractivity (Wildman–Crippen MR) is 106 cm³/mol. The second kappa shape index (κ2) is 6.79. The normalized spacial score (nSPS) is 21.8. The van der Waals surface area contributed by atoms with Gasteiger partial charge in [0.05, 0.1) is 35.7 Å². The fraction of sp³-hybridized carbons (Fsp3) is 0.350. The summed E-state index contributed by atoms with van der Waals surface area (Å²) in [6, 6.07) is 11.6. The van der Waals surface area contributed by atoms with Gasteiger partial charge in [0.15, 0.2) is 5.82 Å². The molecule has 3 atom stereocenters. The Balaban J connectivity index is 1.28. The molecule has 5 rings (SSSR count). The minimum Gasteiger partial charge on any atom is -0.374 e. The largest absolute Gasteiger partial charge is 0.374 e. The highest BCUT2D eigenvalue weighted by molar-refractivity contribution is 5.94. The van der Waals surface area contributed by atoms with E-state index in [4.69, 9.17) is 4.74 Å². The molecule has 0 aliphatic carbocycles. The van der Waals surface area contributed by atoms with Gasteiger partial charge >= 0.3 is 6.03 Å². The van der Waals surface area contributed by atoms with E-state index in [0.717, 1.165) is 41.9 Å². The minimum atomic E-state index is -0.294. The van der Waals surface area contributed by atoms with E-state index in [1.54, 1.807) is 6.20 Å². The third kappa shape index (κ3) is 3.05. The standard InChI is InChI=1S/C20H22N6O2/c1-12(13-5-3-2-4-6-13)22-20(27)23-18-8-17-16(9-21-18)19(25-24-17)26-10-15-7-14(26)11-28-15/h2-6,8-9,12,14-15H,7,10-11H2,1H3,(H,24,25)(H2,21,22,23,27). The average molecular weight is 378 g/mol. The number of benzene rings is 1. The first kappa shape index (κ1) is 17.0. The Morgan fingerprint density at radius 3 is 2.96 bits per heavy atom. The maximum Gasteiger partial charge on any atom is 0.320 e. The van der Waals surface area contributed by atoms with Crippen LogP contribution >= 0.6 is 0 Å². The Hall–Kier alpha value is -3.13. The Morgan fingerprint density at radius 1 is 1.36 bits per heavy atom. The molecule has 1 aromatic carbocycles. The van der Waals surface area contributed by atoms with E-state index in [0.29, 0.717) is 18.0 Å². The number of carbonyl (C=O) groups is 1. The number of amides is 2. The molecule has 8 nitrogen and oxygen atoms in total. The molecule has 3 aromatic rings. The maximum absolute atomic E-state index is 12.3. The Labute approximate surface area is 162 Å². The second-order valence-electron chi connectivity index (χ2n) is 7.39. The number of fused-ring (bicyclic) bond motifs is 3. The first-order valence-electron chi connectivity index (χ1n) is 9.52. The van der Waals surface area contributed by atoms with Crippen molar-refractivity contribution in [3.8, 4) is 0 Å². The van der Waals surface area contributed by atoms with Gasteiger partial charge in [0.25, 0.3) is 0 Å². The molecule has 2 amide bonds. The van der Waals surface area contributed by atoms with Crippen molar-refractivity contribution in [2.75, 3.05) is 23.4 Å². The molecule has 2 bridgehead atoms. The second-order valence-corrected chi connectivity index (χ2v) is 7.39. The van der Waals surface area contributed by atoms with Gasteiger partial charge in [0.1, 0.15) is 5.82 Å². The van der Waals surface area contributed by atoms with Gasteiger partial charge in [-0.25, -0.2) is 9.78 Å². The van der Waals surface area contributed by atoms with Gasteiger partial charge in [-0.15, -0.1) is 0 Å². The Morgan fingerprint density at radius 2 is 2.21 bits per heavy atom. The van der Waals surface area contributed by atoms with Crippen LogP contribution in [0.15, 0.2) is 42.6 Å². The van der Waals surface area contributed by atoms with Crippen LogP contribution in [0.25, 0.3) is 10.9 Å². The zero-order chi connectivity index (χ0) is 19.1. The fourth-order valence-corrected chi connectivity index (χ4v) is 4.02. The van der Waals surface area contributed by atoms with Gasteiger partial charge in [-0.2, -0.15) is 5.10 Å². The lowest BCUT2D eigenvalue weighted by atomic mass is 10.1. The highest BCUT2D eigenvalue weighted by Gasteiger charge is 2.40. The van der Waals surface area contributed by atoms with Gasteiger partial charge in [0, 0.05) is 18.8 Å². The van der Waals surface area contributed by atoms with Crippen LogP contribution in [0.2, 0.25) is 0 Å². The topological polar surface area (TPSA) is 95.2 Å². The number of urea groups is 1. The van der Waals surface area contributed by atoms with Crippen molar-refractivity contribution in [3.63, 3.8) is 0 Å². The molecule has 2 aliphatic rings. The molecule has 3 N–H and O–H groups in total. The third-order valence-corrected chi connectivity index (χ3v) is 5.49. The van der Waals surface area contributed by atoms with Crippen LogP contribution in [-0.2, 0) is 4.74 Å². The third-order valence-electron chi connectivity index (χ3n) is 5.49. The first-order chi connectivity index (χ1) is 13.7. The molecule has 144 valence electrons. The zero-order valence-electron chi connectivity index (χ0n) is 15.6. The lowest BCUT2D eigenvalue weighted by Crippen LogP contribution is -2.37. The number of nitrogens with one attached hydrogen (secondary N) is 3. The van der Waals surface area contributed by atoms with E-state index in [-0.39, 0.29) is 12.1 Å². The molecule has 0 spiro atoms. The van der Waals surface area contributed by atoms with Crippen molar-refractivity contribution >= 4 is 28.6 Å². The highest BCUT2D eigenvalue weighted by Crippen LogP contribution is 2.35. The number of H-pyrrole nitrogens is 1. The van der Waals surface area contributed by atoms with Crippen LogP contribution in [0.5, 0.6) is 0 Å². The van der Waals surface area contributed by atoms with Crippen molar-refractivity contribution in [2.45, 2.75) is 31.5 Å². The summed E-state index contributed by atoms with van der Waals surface area (Å²) >= 11 is 0. The predicted octanol–water partition coefficient (Wildman–Crippen LogP) is 2.82.